The molecule has 1 aromatic carbocycles. The van der Waals surface area contributed by atoms with E-state index in [9.17, 15) is 14.7 Å². The first-order chi connectivity index (χ1) is 15.4. The molecule has 3 rings (SSSR count). The van der Waals surface area contributed by atoms with Gasteiger partial charge in [0.15, 0.2) is 0 Å². The smallest absolute Gasteiger partial charge is 0.295 e. The van der Waals surface area contributed by atoms with Gasteiger partial charge in [0.05, 0.1) is 18.2 Å². The van der Waals surface area contributed by atoms with Crippen molar-refractivity contribution >= 4 is 17.4 Å². The molecule has 170 valence electrons. The normalized spacial score (nSPS) is 17.9. The number of likely N-dealkylation sites (tertiary alicyclic amines) is 1. The summed E-state index contributed by atoms with van der Waals surface area (Å²) in [5, 5.41) is 11.1. The van der Waals surface area contributed by atoms with Crippen LogP contribution >= 0.6 is 0 Å². The molecular formula is C25H31N3O4. The Hall–Kier alpha value is -3.19. The first kappa shape index (κ1) is 23.5. The second-order valence-corrected chi connectivity index (χ2v) is 8.16. The van der Waals surface area contributed by atoms with E-state index < -0.39 is 17.7 Å². The monoisotopic (exact) mass is 437 g/mol. The molecule has 1 saturated heterocycles. The summed E-state index contributed by atoms with van der Waals surface area (Å²) >= 11 is 0. The predicted octanol–water partition coefficient (Wildman–Crippen LogP) is 3.63. The lowest BCUT2D eigenvalue weighted by Crippen LogP contribution is -2.32. The van der Waals surface area contributed by atoms with E-state index in [1.807, 2.05) is 19.0 Å². The minimum absolute atomic E-state index is 0.103. The van der Waals surface area contributed by atoms with Gasteiger partial charge in [0.2, 0.25) is 0 Å². The maximum Gasteiger partial charge on any atom is 0.295 e. The first-order valence-corrected chi connectivity index (χ1v) is 11.0. The number of unbranched alkanes of at least 4 members (excludes halogenated alkanes) is 1. The number of hydrogen-bond acceptors (Lipinski definition) is 6. The van der Waals surface area contributed by atoms with Crippen molar-refractivity contribution in [3.8, 4) is 5.75 Å². The van der Waals surface area contributed by atoms with Crippen LogP contribution in [-0.2, 0) is 9.59 Å². The van der Waals surface area contributed by atoms with Crippen LogP contribution in [-0.4, -0.2) is 65.4 Å². The number of aromatic nitrogens is 1. The van der Waals surface area contributed by atoms with E-state index in [4.69, 9.17) is 4.74 Å². The molecule has 0 unspecified atom stereocenters. The van der Waals surface area contributed by atoms with Gasteiger partial charge in [0, 0.05) is 24.5 Å². The lowest BCUT2D eigenvalue weighted by Gasteiger charge is -2.25. The minimum atomic E-state index is -0.669. The number of amides is 1. The number of carbonyl (C=O) groups excluding carboxylic acids is 2. The summed E-state index contributed by atoms with van der Waals surface area (Å²) in [6, 6.07) is 9.83. The molecule has 0 aliphatic carbocycles. The van der Waals surface area contributed by atoms with E-state index in [-0.39, 0.29) is 11.3 Å². The van der Waals surface area contributed by atoms with Crippen LogP contribution in [0, 0.1) is 0 Å². The number of hydrogen-bond donors (Lipinski definition) is 1. The first-order valence-electron chi connectivity index (χ1n) is 11.0. The van der Waals surface area contributed by atoms with E-state index >= 15 is 0 Å². The Bertz CT molecular complexity index is 955. The predicted molar refractivity (Wildman–Crippen MR) is 123 cm³/mol. The quantitative estimate of drug-likeness (QED) is 0.265. The fraction of sp³-hybridized carbons (Fsp3) is 0.400. The Morgan fingerprint density at radius 1 is 1.09 bits per heavy atom. The molecule has 1 N–H and O–H groups in total. The number of Topliss-reactive ketones (excluding diaryl/α,β-unsaturated/α-hetero) is 1. The van der Waals surface area contributed by atoms with Crippen LogP contribution in [0.1, 0.15) is 43.4 Å². The fourth-order valence-electron chi connectivity index (χ4n) is 3.76. The number of ether oxygens (including phenoxy) is 1. The van der Waals surface area contributed by atoms with Gasteiger partial charge in [-0.2, -0.15) is 0 Å². The highest BCUT2D eigenvalue weighted by molar-refractivity contribution is 6.46. The molecule has 7 nitrogen and oxygen atoms in total. The lowest BCUT2D eigenvalue weighted by atomic mass is 9.96. The summed E-state index contributed by atoms with van der Waals surface area (Å²) in [5.74, 6) is -0.741. The van der Waals surface area contributed by atoms with Crippen molar-refractivity contribution in [3.63, 3.8) is 0 Å². The van der Waals surface area contributed by atoms with Crippen molar-refractivity contribution in [1.82, 2.24) is 14.8 Å². The summed E-state index contributed by atoms with van der Waals surface area (Å²) < 4.78 is 5.68. The number of nitrogens with zero attached hydrogens (tertiary/aromatic N) is 3. The molecule has 1 fully saturated rings. The van der Waals surface area contributed by atoms with Crippen LogP contribution in [0.2, 0.25) is 0 Å². The van der Waals surface area contributed by atoms with E-state index in [2.05, 4.69) is 11.9 Å². The van der Waals surface area contributed by atoms with Crippen molar-refractivity contribution in [3.05, 3.63) is 65.5 Å². The van der Waals surface area contributed by atoms with E-state index in [0.29, 0.717) is 30.9 Å². The Kier molecular flexibility index (Phi) is 8.00. The topological polar surface area (TPSA) is 83.0 Å². The van der Waals surface area contributed by atoms with Gasteiger partial charge in [-0.05, 0) is 75.4 Å². The van der Waals surface area contributed by atoms with Gasteiger partial charge in [-0.15, -0.1) is 0 Å². The standard InChI is InChI=1S/C25H31N3O4/c1-4-5-17-32-20-9-7-19(8-10-20)23(29)21-22(18-11-13-26-14-12-18)28(25(31)24(21)30)16-6-15-27(2)3/h7-14,22,29H,4-6,15-17H2,1-3H3/t22-/m0/s1. The molecule has 1 aliphatic rings. The lowest BCUT2D eigenvalue weighted by molar-refractivity contribution is -0.139. The Morgan fingerprint density at radius 3 is 2.41 bits per heavy atom. The van der Waals surface area contributed by atoms with Gasteiger partial charge in [-0.25, -0.2) is 0 Å². The molecule has 0 spiro atoms. The highest BCUT2D eigenvalue weighted by Gasteiger charge is 2.45. The molecule has 1 atom stereocenters. The zero-order chi connectivity index (χ0) is 23.1. The summed E-state index contributed by atoms with van der Waals surface area (Å²) in [7, 11) is 3.92. The SMILES string of the molecule is CCCCOc1ccc(C(O)=C2C(=O)C(=O)N(CCCN(C)C)[C@H]2c2ccncc2)cc1. The Balaban J connectivity index is 1.95. The molecule has 0 radical (unpaired) electrons. The van der Waals surface area contributed by atoms with Gasteiger partial charge in [0.25, 0.3) is 11.7 Å². The molecule has 0 bridgehead atoms. The average Bonchev–Trinajstić information content (AvgIpc) is 3.04. The van der Waals surface area contributed by atoms with E-state index in [1.54, 1.807) is 53.7 Å². The highest BCUT2D eigenvalue weighted by atomic mass is 16.5. The summed E-state index contributed by atoms with van der Waals surface area (Å²) in [6.07, 6.45) is 5.97. The molecule has 1 aromatic heterocycles. The molecule has 7 heteroatoms. The van der Waals surface area contributed by atoms with Crippen LogP contribution in [0.3, 0.4) is 0 Å². The molecule has 1 aliphatic heterocycles. The molecular weight excluding hydrogens is 406 g/mol. The van der Waals surface area contributed by atoms with Crippen molar-refractivity contribution in [1.29, 1.82) is 0 Å². The molecule has 0 saturated carbocycles. The minimum Gasteiger partial charge on any atom is -0.507 e. The number of pyridine rings is 1. The Labute approximate surface area is 189 Å². The largest absolute Gasteiger partial charge is 0.507 e. The number of aliphatic hydroxyl groups is 1. The van der Waals surface area contributed by atoms with Crippen molar-refractivity contribution < 1.29 is 19.4 Å². The third kappa shape index (κ3) is 5.34. The molecule has 2 aromatic rings. The summed E-state index contributed by atoms with van der Waals surface area (Å²) in [4.78, 5) is 33.5. The van der Waals surface area contributed by atoms with Crippen molar-refractivity contribution in [2.24, 2.45) is 0 Å². The van der Waals surface area contributed by atoms with Gasteiger partial charge < -0.3 is 19.6 Å². The van der Waals surface area contributed by atoms with E-state index in [1.165, 1.54) is 0 Å². The summed E-state index contributed by atoms with van der Waals surface area (Å²) in [6.45, 7) is 3.92. The zero-order valence-electron chi connectivity index (χ0n) is 19.0. The number of ketones is 1. The fourth-order valence-corrected chi connectivity index (χ4v) is 3.76. The maximum atomic E-state index is 13.0. The Morgan fingerprint density at radius 2 is 1.78 bits per heavy atom. The molecule has 32 heavy (non-hydrogen) atoms. The second kappa shape index (κ2) is 10.9. The molecule has 2 heterocycles. The van der Waals surface area contributed by atoms with Crippen molar-refractivity contribution in [2.45, 2.75) is 32.2 Å². The number of carbonyl (C=O) groups is 2. The van der Waals surface area contributed by atoms with Gasteiger partial charge in [-0.3, -0.25) is 14.6 Å². The van der Waals surface area contributed by atoms with E-state index in [0.717, 1.165) is 24.9 Å². The van der Waals surface area contributed by atoms with Crippen molar-refractivity contribution in [2.75, 3.05) is 33.8 Å². The average molecular weight is 438 g/mol. The maximum absolute atomic E-state index is 13.0. The van der Waals surface area contributed by atoms with Gasteiger partial charge >= 0.3 is 0 Å². The number of aliphatic hydroxyl groups excluding tert-OH is 1. The second-order valence-electron chi connectivity index (χ2n) is 8.16. The van der Waals surface area contributed by atoms with Crippen LogP contribution < -0.4 is 4.74 Å². The third-order valence-corrected chi connectivity index (χ3v) is 5.46. The highest BCUT2D eigenvalue weighted by Crippen LogP contribution is 2.39. The number of benzene rings is 1. The number of rotatable bonds is 10. The van der Waals surface area contributed by atoms with Gasteiger partial charge in [0.1, 0.15) is 11.5 Å². The third-order valence-electron chi connectivity index (χ3n) is 5.46. The van der Waals surface area contributed by atoms with Crippen LogP contribution in [0.15, 0.2) is 54.4 Å². The van der Waals surface area contributed by atoms with Crippen LogP contribution in [0.4, 0.5) is 0 Å². The summed E-state index contributed by atoms with van der Waals surface area (Å²) in [5.41, 5.74) is 1.31. The van der Waals surface area contributed by atoms with Crippen LogP contribution in [0.25, 0.3) is 5.76 Å². The van der Waals surface area contributed by atoms with Crippen LogP contribution in [0.5, 0.6) is 5.75 Å². The van der Waals surface area contributed by atoms with Gasteiger partial charge in [-0.1, -0.05) is 13.3 Å². The zero-order valence-corrected chi connectivity index (χ0v) is 19.0. The molecule has 1 amide bonds.